The number of carbonyl (C=O) groups excluding carboxylic acids is 1. The van der Waals surface area contributed by atoms with E-state index in [-0.39, 0.29) is 13.2 Å². The minimum Gasteiger partial charge on any atom is -0.433 e. The summed E-state index contributed by atoms with van der Waals surface area (Å²) in [6.07, 6.45) is -0.658. The summed E-state index contributed by atoms with van der Waals surface area (Å²) in [5, 5.41) is 7.33. The van der Waals surface area contributed by atoms with Crippen LogP contribution in [0.1, 0.15) is 5.56 Å². The molecule has 0 saturated carbocycles. The van der Waals surface area contributed by atoms with Gasteiger partial charge in [-0.25, -0.2) is 4.79 Å². The molecule has 4 aromatic rings. The molecule has 4 aromatic carbocycles. The molecule has 0 aromatic heterocycles. The van der Waals surface area contributed by atoms with E-state index in [9.17, 15) is 4.79 Å². The van der Waals surface area contributed by atoms with Gasteiger partial charge in [0, 0.05) is 5.75 Å². The fourth-order valence-corrected chi connectivity index (χ4v) is 3.31. The van der Waals surface area contributed by atoms with Crippen molar-refractivity contribution in [3.8, 4) is 0 Å². The van der Waals surface area contributed by atoms with Crippen LogP contribution >= 0.6 is 12.6 Å². The van der Waals surface area contributed by atoms with Crippen LogP contribution in [0.5, 0.6) is 0 Å². The number of ether oxygens (including phenoxy) is 2. The molecule has 3 nitrogen and oxygen atoms in total. The molecule has 0 aliphatic rings. The Bertz CT molecular complexity index is 962. The van der Waals surface area contributed by atoms with Gasteiger partial charge in [-0.1, -0.05) is 42.5 Å². The quantitative estimate of drug-likeness (QED) is 0.317. The normalized spacial score (nSPS) is 11.4. The minimum absolute atomic E-state index is 0.196. The van der Waals surface area contributed by atoms with E-state index in [1.165, 1.54) is 21.5 Å². The van der Waals surface area contributed by atoms with Crippen LogP contribution in [0.25, 0.3) is 32.3 Å². The Balaban J connectivity index is 1.73. The third-order valence-electron chi connectivity index (χ3n) is 4.19. The number of benzene rings is 4. The molecular formula is C20H16O3S. The van der Waals surface area contributed by atoms with E-state index in [2.05, 4.69) is 67.2 Å². The molecule has 0 fully saturated rings. The molecule has 0 bridgehead atoms. The Hall–Kier alpha value is -2.46. The predicted molar refractivity (Wildman–Crippen MR) is 100 cm³/mol. The van der Waals surface area contributed by atoms with Gasteiger partial charge in [-0.2, -0.15) is 12.6 Å². The molecule has 0 heterocycles. The van der Waals surface area contributed by atoms with Crippen molar-refractivity contribution in [1.82, 2.24) is 0 Å². The zero-order chi connectivity index (χ0) is 16.5. The van der Waals surface area contributed by atoms with Gasteiger partial charge in [0.2, 0.25) is 0 Å². The molecule has 0 amide bonds. The number of thiol groups is 1. The molecule has 24 heavy (non-hydrogen) atoms. The van der Waals surface area contributed by atoms with Crippen molar-refractivity contribution in [2.45, 2.75) is 6.61 Å². The van der Waals surface area contributed by atoms with Crippen molar-refractivity contribution in [2.75, 3.05) is 12.4 Å². The summed E-state index contributed by atoms with van der Waals surface area (Å²) in [4.78, 5) is 11.5. The van der Waals surface area contributed by atoms with E-state index in [0.717, 1.165) is 16.3 Å². The predicted octanol–water partition coefficient (Wildman–Crippen LogP) is 5.17. The van der Waals surface area contributed by atoms with E-state index in [4.69, 9.17) is 9.47 Å². The van der Waals surface area contributed by atoms with E-state index in [1.54, 1.807) is 0 Å². The highest BCUT2D eigenvalue weighted by Crippen LogP contribution is 2.35. The van der Waals surface area contributed by atoms with E-state index < -0.39 is 6.16 Å². The molecule has 0 radical (unpaired) electrons. The summed E-state index contributed by atoms with van der Waals surface area (Å²) < 4.78 is 10.0. The molecular weight excluding hydrogens is 320 g/mol. The fourth-order valence-electron chi connectivity index (χ4n) is 3.21. The van der Waals surface area contributed by atoms with Crippen LogP contribution in [-0.4, -0.2) is 18.5 Å². The van der Waals surface area contributed by atoms with Crippen LogP contribution in [0.3, 0.4) is 0 Å². The lowest BCUT2D eigenvalue weighted by Crippen LogP contribution is -2.09. The molecule has 0 N–H and O–H groups in total. The number of carbonyl (C=O) groups is 1. The molecule has 4 rings (SSSR count). The van der Waals surface area contributed by atoms with Gasteiger partial charge in [0.1, 0.15) is 13.2 Å². The van der Waals surface area contributed by atoms with E-state index in [1.807, 2.05) is 0 Å². The molecule has 0 atom stereocenters. The van der Waals surface area contributed by atoms with Crippen LogP contribution in [0.15, 0.2) is 54.6 Å². The summed E-state index contributed by atoms with van der Waals surface area (Å²) >= 11 is 3.99. The van der Waals surface area contributed by atoms with E-state index >= 15 is 0 Å². The van der Waals surface area contributed by atoms with Crippen molar-refractivity contribution in [3.63, 3.8) is 0 Å². The first-order chi connectivity index (χ1) is 11.8. The first kappa shape index (κ1) is 15.1. The Labute approximate surface area is 144 Å². The second-order valence-electron chi connectivity index (χ2n) is 5.74. The van der Waals surface area contributed by atoms with Gasteiger partial charge in [-0.3, -0.25) is 0 Å². The van der Waals surface area contributed by atoms with Crippen LogP contribution < -0.4 is 0 Å². The lowest BCUT2D eigenvalue weighted by atomic mass is 9.93. The van der Waals surface area contributed by atoms with Crippen molar-refractivity contribution in [3.05, 3.63) is 60.2 Å². The SMILES string of the molecule is O=C(OCCS)OCc1cc2ccc3cccc4ccc(c1)c2c34. The Morgan fingerprint density at radius 1 is 0.833 bits per heavy atom. The van der Waals surface area contributed by atoms with Crippen LogP contribution in [0.4, 0.5) is 4.79 Å². The lowest BCUT2D eigenvalue weighted by Gasteiger charge is -2.12. The lowest BCUT2D eigenvalue weighted by molar-refractivity contribution is 0.0544. The monoisotopic (exact) mass is 336 g/mol. The largest absolute Gasteiger partial charge is 0.508 e. The van der Waals surface area contributed by atoms with Crippen LogP contribution in [0, 0.1) is 0 Å². The zero-order valence-electron chi connectivity index (χ0n) is 13.0. The average Bonchev–Trinajstić information content (AvgIpc) is 2.62. The van der Waals surface area contributed by atoms with Gasteiger partial charge in [0.25, 0.3) is 0 Å². The molecule has 0 unspecified atom stereocenters. The number of rotatable bonds is 4. The first-order valence-electron chi connectivity index (χ1n) is 7.83. The highest BCUT2D eigenvalue weighted by Gasteiger charge is 2.10. The third-order valence-corrected chi connectivity index (χ3v) is 4.37. The third kappa shape index (κ3) is 2.63. The van der Waals surface area contributed by atoms with Crippen molar-refractivity contribution in [1.29, 1.82) is 0 Å². The average molecular weight is 336 g/mol. The highest BCUT2D eigenvalue weighted by molar-refractivity contribution is 7.80. The fraction of sp³-hybridized carbons (Fsp3) is 0.150. The minimum atomic E-state index is -0.658. The second-order valence-corrected chi connectivity index (χ2v) is 6.19. The number of hydrogen-bond acceptors (Lipinski definition) is 4. The van der Waals surface area contributed by atoms with Gasteiger partial charge in [-0.05, 0) is 50.0 Å². The summed E-state index contributed by atoms with van der Waals surface area (Å²) in [5.74, 6) is 0.482. The summed E-state index contributed by atoms with van der Waals surface area (Å²) in [7, 11) is 0. The molecule has 4 heteroatoms. The Morgan fingerprint density at radius 3 is 2.04 bits per heavy atom. The van der Waals surface area contributed by atoms with Gasteiger partial charge in [-0.15, -0.1) is 0 Å². The smallest absolute Gasteiger partial charge is 0.433 e. The summed E-state index contributed by atoms with van der Waals surface area (Å²) in [6, 6.07) is 19.0. The maximum atomic E-state index is 11.5. The highest BCUT2D eigenvalue weighted by atomic mass is 32.1. The van der Waals surface area contributed by atoms with Crippen molar-refractivity contribution >= 4 is 51.1 Å². The summed E-state index contributed by atoms with van der Waals surface area (Å²) in [6.45, 7) is 0.449. The summed E-state index contributed by atoms with van der Waals surface area (Å²) in [5.41, 5.74) is 0.948. The Kier molecular flexibility index (Phi) is 3.90. The molecule has 0 spiro atoms. The molecule has 0 aliphatic heterocycles. The van der Waals surface area contributed by atoms with Gasteiger partial charge < -0.3 is 9.47 Å². The maximum Gasteiger partial charge on any atom is 0.508 e. The zero-order valence-corrected chi connectivity index (χ0v) is 13.9. The second kappa shape index (κ2) is 6.21. The van der Waals surface area contributed by atoms with Crippen molar-refractivity contribution in [2.24, 2.45) is 0 Å². The van der Waals surface area contributed by atoms with Gasteiger partial charge >= 0.3 is 6.16 Å². The van der Waals surface area contributed by atoms with Crippen LogP contribution in [0.2, 0.25) is 0 Å². The van der Waals surface area contributed by atoms with Crippen molar-refractivity contribution < 1.29 is 14.3 Å². The first-order valence-corrected chi connectivity index (χ1v) is 8.46. The molecule has 120 valence electrons. The maximum absolute atomic E-state index is 11.5. The molecule has 0 saturated heterocycles. The molecule has 0 aliphatic carbocycles. The van der Waals surface area contributed by atoms with E-state index in [0.29, 0.717) is 5.75 Å². The van der Waals surface area contributed by atoms with Crippen LogP contribution in [-0.2, 0) is 16.1 Å². The van der Waals surface area contributed by atoms with Gasteiger partial charge in [0.05, 0.1) is 0 Å². The number of hydrogen-bond donors (Lipinski definition) is 1. The van der Waals surface area contributed by atoms with Gasteiger partial charge in [0.15, 0.2) is 0 Å². The topological polar surface area (TPSA) is 35.5 Å². The Morgan fingerprint density at radius 2 is 1.42 bits per heavy atom. The standard InChI is InChI=1S/C20H16O3S/c21-20(22-8-9-24)23-12-13-10-16-6-4-14-2-1-3-15-5-7-17(11-13)19(16)18(14)15/h1-7,10-11,24H,8-9,12H2.